The van der Waals surface area contributed by atoms with E-state index in [-0.39, 0.29) is 6.04 Å². The molecule has 1 unspecified atom stereocenters. The predicted octanol–water partition coefficient (Wildman–Crippen LogP) is 2.93. The van der Waals surface area contributed by atoms with Gasteiger partial charge in [0.1, 0.15) is 0 Å². The molecular weight excluding hydrogens is 208 g/mol. The molecule has 0 bridgehead atoms. The molecule has 4 N–H and O–H groups in total. The monoisotopic (exact) mass is 226 g/mol. The lowest BCUT2D eigenvalue weighted by atomic mass is 9.94. The van der Waals surface area contributed by atoms with E-state index in [4.69, 9.17) is 11.5 Å². The highest BCUT2D eigenvalue weighted by atomic mass is 14.7. The van der Waals surface area contributed by atoms with Gasteiger partial charge in [0, 0.05) is 5.69 Å². The lowest BCUT2D eigenvalue weighted by Gasteiger charge is -2.17. The summed E-state index contributed by atoms with van der Waals surface area (Å²) in [5.74, 6) is 0. The summed E-state index contributed by atoms with van der Waals surface area (Å²) in [4.78, 5) is 0. The molecule has 2 aromatic carbocycles. The van der Waals surface area contributed by atoms with Gasteiger partial charge in [-0.2, -0.15) is 0 Å². The molecule has 0 aliphatic rings. The number of hydrogen-bond donors (Lipinski definition) is 2. The first-order chi connectivity index (χ1) is 8.09. The van der Waals surface area contributed by atoms with E-state index in [1.54, 1.807) is 0 Å². The van der Waals surface area contributed by atoms with Gasteiger partial charge in [0.15, 0.2) is 0 Å². The number of hydrogen-bond acceptors (Lipinski definition) is 2. The Morgan fingerprint density at radius 3 is 2.29 bits per heavy atom. The van der Waals surface area contributed by atoms with Gasteiger partial charge in [0.05, 0.1) is 6.04 Å². The molecule has 88 valence electrons. The standard InChI is InChI=1S/C15H18N2/c1-10-8-11(2)14(16)13(9-10)15(17)12-6-4-3-5-7-12/h3-9,15H,16-17H2,1-2H3. The zero-order valence-corrected chi connectivity index (χ0v) is 10.3. The van der Waals surface area contributed by atoms with E-state index in [2.05, 4.69) is 19.1 Å². The number of nitrogens with two attached hydrogens (primary N) is 2. The topological polar surface area (TPSA) is 52.0 Å². The van der Waals surface area contributed by atoms with Gasteiger partial charge in [-0.25, -0.2) is 0 Å². The molecular formula is C15H18N2. The van der Waals surface area contributed by atoms with Crippen molar-refractivity contribution in [2.24, 2.45) is 5.73 Å². The molecule has 0 saturated carbocycles. The summed E-state index contributed by atoms with van der Waals surface area (Å²) in [7, 11) is 0. The molecule has 2 heteroatoms. The van der Waals surface area contributed by atoms with Crippen LogP contribution >= 0.6 is 0 Å². The van der Waals surface area contributed by atoms with E-state index >= 15 is 0 Å². The number of nitrogen functional groups attached to an aromatic ring is 1. The van der Waals surface area contributed by atoms with Gasteiger partial charge < -0.3 is 11.5 Å². The zero-order chi connectivity index (χ0) is 12.4. The third kappa shape index (κ3) is 2.32. The molecule has 2 rings (SSSR count). The van der Waals surface area contributed by atoms with Crippen LogP contribution < -0.4 is 11.5 Å². The lowest BCUT2D eigenvalue weighted by Crippen LogP contribution is -2.14. The van der Waals surface area contributed by atoms with Crippen LogP contribution in [0.2, 0.25) is 0 Å². The molecule has 0 aliphatic heterocycles. The molecule has 2 aromatic rings. The summed E-state index contributed by atoms with van der Waals surface area (Å²) in [6.45, 7) is 4.08. The Morgan fingerprint density at radius 2 is 1.65 bits per heavy atom. The van der Waals surface area contributed by atoms with Crippen LogP contribution in [0.1, 0.15) is 28.3 Å². The summed E-state index contributed by atoms with van der Waals surface area (Å²) in [5.41, 5.74) is 17.6. The quantitative estimate of drug-likeness (QED) is 0.773. The minimum atomic E-state index is -0.158. The molecule has 0 aromatic heterocycles. The number of rotatable bonds is 2. The molecule has 0 amide bonds. The van der Waals surface area contributed by atoms with E-state index in [9.17, 15) is 0 Å². The highest BCUT2D eigenvalue weighted by molar-refractivity contribution is 5.58. The van der Waals surface area contributed by atoms with Crippen molar-refractivity contribution in [3.05, 3.63) is 64.7 Å². The van der Waals surface area contributed by atoms with Crippen LogP contribution in [0, 0.1) is 13.8 Å². The smallest absolute Gasteiger partial charge is 0.0572 e. The van der Waals surface area contributed by atoms with E-state index < -0.39 is 0 Å². The summed E-state index contributed by atoms with van der Waals surface area (Å²) >= 11 is 0. The zero-order valence-electron chi connectivity index (χ0n) is 10.3. The normalized spacial score (nSPS) is 12.4. The SMILES string of the molecule is Cc1cc(C)c(N)c(C(N)c2ccccc2)c1. The lowest BCUT2D eigenvalue weighted by molar-refractivity contribution is 0.871. The molecule has 0 aliphatic carbocycles. The first-order valence-electron chi connectivity index (χ1n) is 5.76. The Labute approximate surface area is 102 Å². The van der Waals surface area contributed by atoms with Crippen molar-refractivity contribution >= 4 is 5.69 Å². The van der Waals surface area contributed by atoms with E-state index in [1.807, 2.05) is 37.3 Å². The van der Waals surface area contributed by atoms with Gasteiger partial charge in [-0.3, -0.25) is 0 Å². The average molecular weight is 226 g/mol. The third-order valence-corrected chi connectivity index (χ3v) is 3.06. The van der Waals surface area contributed by atoms with Crippen molar-refractivity contribution < 1.29 is 0 Å². The summed E-state index contributed by atoms with van der Waals surface area (Å²) in [5, 5.41) is 0. The maximum Gasteiger partial charge on any atom is 0.0572 e. The largest absolute Gasteiger partial charge is 0.398 e. The molecule has 0 fully saturated rings. The van der Waals surface area contributed by atoms with Gasteiger partial charge in [0.2, 0.25) is 0 Å². The maximum absolute atomic E-state index is 6.27. The van der Waals surface area contributed by atoms with Gasteiger partial charge >= 0.3 is 0 Å². The fourth-order valence-electron chi connectivity index (χ4n) is 2.11. The average Bonchev–Trinajstić information content (AvgIpc) is 2.34. The summed E-state index contributed by atoms with van der Waals surface area (Å²) in [6.07, 6.45) is 0. The number of aryl methyl sites for hydroxylation is 2. The highest BCUT2D eigenvalue weighted by Crippen LogP contribution is 2.28. The number of anilines is 1. The van der Waals surface area contributed by atoms with Gasteiger partial charge in [0.25, 0.3) is 0 Å². The molecule has 0 saturated heterocycles. The second kappa shape index (κ2) is 4.60. The van der Waals surface area contributed by atoms with Gasteiger partial charge in [-0.15, -0.1) is 0 Å². The minimum Gasteiger partial charge on any atom is -0.398 e. The van der Waals surface area contributed by atoms with Crippen LogP contribution in [-0.2, 0) is 0 Å². The third-order valence-electron chi connectivity index (χ3n) is 3.06. The van der Waals surface area contributed by atoms with Crippen molar-refractivity contribution in [3.63, 3.8) is 0 Å². The number of benzene rings is 2. The van der Waals surface area contributed by atoms with Crippen LogP contribution in [-0.4, -0.2) is 0 Å². The second-order valence-corrected chi connectivity index (χ2v) is 4.47. The fraction of sp³-hybridized carbons (Fsp3) is 0.200. The van der Waals surface area contributed by atoms with Gasteiger partial charge in [-0.05, 0) is 30.5 Å². The summed E-state index contributed by atoms with van der Waals surface area (Å²) in [6, 6.07) is 14.0. The summed E-state index contributed by atoms with van der Waals surface area (Å²) < 4.78 is 0. The van der Waals surface area contributed by atoms with Crippen LogP contribution in [0.4, 0.5) is 5.69 Å². The van der Waals surface area contributed by atoms with E-state index in [0.717, 1.165) is 22.4 Å². The van der Waals surface area contributed by atoms with E-state index in [0.29, 0.717) is 0 Å². The van der Waals surface area contributed by atoms with Crippen molar-refractivity contribution in [2.45, 2.75) is 19.9 Å². The van der Waals surface area contributed by atoms with Crippen LogP contribution in [0.15, 0.2) is 42.5 Å². The highest BCUT2D eigenvalue weighted by Gasteiger charge is 2.13. The van der Waals surface area contributed by atoms with Gasteiger partial charge in [-0.1, -0.05) is 48.0 Å². The predicted molar refractivity (Wildman–Crippen MR) is 72.8 cm³/mol. The van der Waals surface area contributed by atoms with Crippen molar-refractivity contribution in [3.8, 4) is 0 Å². The Balaban J connectivity index is 2.48. The van der Waals surface area contributed by atoms with E-state index in [1.165, 1.54) is 5.56 Å². The molecule has 0 radical (unpaired) electrons. The van der Waals surface area contributed by atoms with Crippen molar-refractivity contribution in [1.82, 2.24) is 0 Å². The van der Waals surface area contributed by atoms with Crippen molar-refractivity contribution in [1.29, 1.82) is 0 Å². The minimum absolute atomic E-state index is 0.158. The molecule has 17 heavy (non-hydrogen) atoms. The fourth-order valence-corrected chi connectivity index (χ4v) is 2.11. The Kier molecular flexibility index (Phi) is 3.16. The first-order valence-corrected chi connectivity index (χ1v) is 5.76. The maximum atomic E-state index is 6.27. The molecule has 0 spiro atoms. The van der Waals surface area contributed by atoms with Crippen molar-refractivity contribution in [2.75, 3.05) is 5.73 Å². The Hall–Kier alpha value is -1.80. The first kappa shape index (κ1) is 11.7. The Morgan fingerprint density at radius 1 is 1.00 bits per heavy atom. The van der Waals surface area contributed by atoms with Crippen LogP contribution in [0.5, 0.6) is 0 Å². The molecule has 1 atom stereocenters. The molecule has 2 nitrogen and oxygen atoms in total. The van der Waals surface area contributed by atoms with Crippen LogP contribution in [0.3, 0.4) is 0 Å². The Bertz CT molecular complexity index is 518. The second-order valence-electron chi connectivity index (χ2n) is 4.47. The molecule has 0 heterocycles. The van der Waals surface area contributed by atoms with Crippen LogP contribution in [0.25, 0.3) is 0 Å².